The number of pyridine rings is 1. The second-order valence-electron chi connectivity index (χ2n) is 4.82. The lowest BCUT2D eigenvalue weighted by molar-refractivity contribution is 0.0948. The molecule has 1 aliphatic rings. The summed E-state index contributed by atoms with van der Waals surface area (Å²) in [7, 11) is 2.03. The molecule has 1 atom stereocenters. The third-order valence-corrected chi connectivity index (χ3v) is 3.42. The highest BCUT2D eigenvalue weighted by Gasteiger charge is 2.23. The van der Waals surface area contributed by atoms with E-state index in [9.17, 15) is 0 Å². The first-order chi connectivity index (χ1) is 9.34. The van der Waals surface area contributed by atoms with E-state index in [0.717, 1.165) is 18.5 Å². The summed E-state index contributed by atoms with van der Waals surface area (Å²) in [5.74, 6) is 0. The Morgan fingerprint density at radius 1 is 1.53 bits per heavy atom. The minimum atomic E-state index is 0.230. The van der Waals surface area contributed by atoms with Crippen LogP contribution >= 0.6 is 0 Å². The van der Waals surface area contributed by atoms with Gasteiger partial charge in [0.15, 0.2) is 0 Å². The predicted molar refractivity (Wildman–Crippen MR) is 71.5 cm³/mol. The van der Waals surface area contributed by atoms with Crippen molar-refractivity contribution >= 4 is 0 Å². The number of rotatable bonds is 4. The second kappa shape index (κ2) is 5.50. The average Bonchev–Trinajstić information content (AvgIpc) is 2.83. The van der Waals surface area contributed by atoms with Gasteiger partial charge in [-0.1, -0.05) is 6.07 Å². The first-order valence-electron chi connectivity index (χ1n) is 6.54. The highest BCUT2D eigenvalue weighted by molar-refractivity contribution is 5.20. The summed E-state index contributed by atoms with van der Waals surface area (Å²) in [5.41, 5.74) is 3.54. The highest BCUT2D eigenvalue weighted by atomic mass is 16.5. The number of aromatic nitrogens is 3. The van der Waals surface area contributed by atoms with Crippen molar-refractivity contribution in [3.8, 4) is 0 Å². The maximum Gasteiger partial charge on any atom is 0.0949 e. The fraction of sp³-hybridized carbons (Fsp3) is 0.429. The number of imidazole rings is 1. The van der Waals surface area contributed by atoms with Gasteiger partial charge in [0, 0.05) is 32.4 Å². The first kappa shape index (κ1) is 12.3. The molecule has 1 aliphatic heterocycles. The standard InChI is InChI=1S/C14H18N4O/c1-18-10-17-12-4-6-16-13(14(12)18)9-19-8-11-3-2-5-15-7-11/h2-3,5,7,10,13,16H,4,6,8-9H2,1H3/t13-/m0/s1. The molecule has 5 nitrogen and oxygen atoms in total. The molecule has 3 rings (SSSR count). The zero-order chi connectivity index (χ0) is 13.1. The van der Waals surface area contributed by atoms with Gasteiger partial charge in [-0.15, -0.1) is 0 Å². The zero-order valence-electron chi connectivity index (χ0n) is 11.0. The molecular formula is C14H18N4O. The molecule has 0 amide bonds. The second-order valence-corrected chi connectivity index (χ2v) is 4.82. The van der Waals surface area contributed by atoms with Crippen LogP contribution in [-0.2, 0) is 24.8 Å². The van der Waals surface area contributed by atoms with Crippen molar-refractivity contribution in [1.82, 2.24) is 19.9 Å². The number of ether oxygens (including phenoxy) is 1. The normalized spacial score (nSPS) is 18.3. The summed E-state index contributed by atoms with van der Waals surface area (Å²) in [4.78, 5) is 8.51. The van der Waals surface area contributed by atoms with Crippen molar-refractivity contribution in [3.05, 3.63) is 47.8 Å². The average molecular weight is 258 g/mol. The lowest BCUT2D eigenvalue weighted by Crippen LogP contribution is -2.34. The maximum atomic E-state index is 5.80. The van der Waals surface area contributed by atoms with E-state index >= 15 is 0 Å². The zero-order valence-corrected chi connectivity index (χ0v) is 11.0. The molecule has 3 heterocycles. The molecule has 2 aromatic rings. The molecule has 1 N–H and O–H groups in total. The molecule has 100 valence electrons. The van der Waals surface area contributed by atoms with Gasteiger partial charge in [0.05, 0.1) is 37.0 Å². The number of aryl methyl sites for hydroxylation is 1. The smallest absolute Gasteiger partial charge is 0.0949 e. The van der Waals surface area contributed by atoms with E-state index in [4.69, 9.17) is 4.74 Å². The summed E-state index contributed by atoms with van der Waals surface area (Å²) >= 11 is 0. The van der Waals surface area contributed by atoms with E-state index in [1.165, 1.54) is 11.4 Å². The lowest BCUT2D eigenvalue weighted by atomic mass is 10.1. The fourth-order valence-corrected chi connectivity index (χ4v) is 2.51. The van der Waals surface area contributed by atoms with Crippen LogP contribution in [-0.4, -0.2) is 27.7 Å². The van der Waals surface area contributed by atoms with Crippen LogP contribution < -0.4 is 5.32 Å². The largest absolute Gasteiger partial charge is 0.375 e. The van der Waals surface area contributed by atoms with Gasteiger partial charge in [0.2, 0.25) is 0 Å². The summed E-state index contributed by atoms with van der Waals surface area (Å²) in [6.07, 6.45) is 6.49. The number of fused-ring (bicyclic) bond motifs is 1. The Kier molecular flexibility index (Phi) is 3.57. The lowest BCUT2D eigenvalue weighted by Gasteiger charge is -2.24. The number of nitrogens with zero attached hydrogens (tertiary/aromatic N) is 3. The monoisotopic (exact) mass is 258 g/mol. The van der Waals surface area contributed by atoms with Crippen molar-refractivity contribution in [2.75, 3.05) is 13.2 Å². The predicted octanol–water partition coefficient (Wildman–Crippen LogP) is 1.22. The number of hydrogen-bond acceptors (Lipinski definition) is 4. The van der Waals surface area contributed by atoms with E-state index in [1.807, 2.05) is 31.7 Å². The molecule has 0 bridgehead atoms. The Morgan fingerprint density at radius 3 is 3.32 bits per heavy atom. The summed E-state index contributed by atoms with van der Waals surface area (Å²) in [6, 6.07) is 4.18. The number of hydrogen-bond donors (Lipinski definition) is 1. The van der Waals surface area contributed by atoms with Crippen molar-refractivity contribution < 1.29 is 4.74 Å². The van der Waals surface area contributed by atoms with Crippen LogP contribution in [0.1, 0.15) is 23.0 Å². The molecule has 0 unspecified atom stereocenters. The Labute approximate surface area is 112 Å². The van der Waals surface area contributed by atoms with Crippen LogP contribution in [0.25, 0.3) is 0 Å². The van der Waals surface area contributed by atoms with Gasteiger partial charge in [0.1, 0.15) is 0 Å². The van der Waals surface area contributed by atoms with E-state index in [2.05, 4.69) is 19.9 Å². The molecule has 0 spiro atoms. The third-order valence-electron chi connectivity index (χ3n) is 3.42. The quantitative estimate of drug-likeness (QED) is 0.896. The van der Waals surface area contributed by atoms with Crippen molar-refractivity contribution in [2.24, 2.45) is 7.05 Å². The molecule has 0 radical (unpaired) electrons. The van der Waals surface area contributed by atoms with Crippen molar-refractivity contribution in [1.29, 1.82) is 0 Å². The van der Waals surface area contributed by atoms with Crippen LogP contribution in [0.15, 0.2) is 30.9 Å². The minimum Gasteiger partial charge on any atom is -0.375 e. The Bertz CT molecular complexity index is 538. The van der Waals surface area contributed by atoms with Gasteiger partial charge in [-0.05, 0) is 11.6 Å². The number of nitrogens with one attached hydrogen (secondary N) is 1. The van der Waals surface area contributed by atoms with Crippen LogP contribution in [0.4, 0.5) is 0 Å². The third kappa shape index (κ3) is 2.67. The van der Waals surface area contributed by atoms with Crippen molar-refractivity contribution in [3.63, 3.8) is 0 Å². The fourth-order valence-electron chi connectivity index (χ4n) is 2.51. The van der Waals surface area contributed by atoms with E-state index in [0.29, 0.717) is 13.2 Å². The molecule has 0 saturated heterocycles. The van der Waals surface area contributed by atoms with Gasteiger partial charge in [-0.2, -0.15) is 0 Å². The van der Waals surface area contributed by atoms with Crippen LogP contribution in [0, 0.1) is 0 Å². The Balaban J connectivity index is 1.61. The van der Waals surface area contributed by atoms with Gasteiger partial charge < -0.3 is 14.6 Å². The van der Waals surface area contributed by atoms with Gasteiger partial charge in [-0.3, -0.25) is 4.98 Å². The summed E-state index contributed by atoms with van der Waals surface area (Å²) in [6.45, 7) is 2.21. The highest BCUT2D eigenvalue weighted by Crippen LogP contribution is 2.21. The Hall–Kier alpha value is -1.72. The van der Waals surface area contributed by atoms with Gasteiger partial charge >= 0.3 is 0 Å². The van der Waals surface area contributed by atoms with Crippen molar-refractivity contribution in [2.45, 2.75) is 19.1 Å². The minimum absolute atomic E-state index is 0.230. The topological polar surface area (TPSA) is 52.0 Å². The molecule has 19 heavy (non-hydrogen) atoms. The van der Waals surface area contributed by atoms with Crippen LogP contribution in [0.3, 0.4) is 0 Å². The van der Waals surface area contributed by atoms with Crippen LogP contribution in [0.2, 0.25) is 0 Å². The molecule has 0 fully saturated rings. The molecule has 0 aromatic carbocycles. The SMILES string of the molecule is Cn1cnc2c1[C@H](COCc1cccnc1)NCC2. The molecule has 0 aliphatic carbocycles. The molecular weight excluding hydrogens is 240 g/mol. The Morgan fingerprint density at radius 2 is 2.47 bits per heavy atom. The van der Waals surface area contributed by atoms with Gasteiger partial charge in [-0.25, -0.2) is 4.98 Å². The summed E-state index contributed by atoms with van der Waals surface area (Å²) in [5, 5.41) is 3.49. The molecule has 2 aromatic heterocycles. The summed E-state index contributed by atoms with van der Waals surface area (Å²) < 4.78 is 7.88. The van der Waals surface area contributed by atoms with E-state index < -0.39 is 0 Å². The van der Waals surface area contributed by atoms with Crippen LogP contribution in [0.5, 0.6) is 0 Å². The molecule has 0 saturated carbocycles. The maximum absolute atomic E-state index is 5.80. The van der Waals surface area contributed by atoms with E-state index in [1.54, 1.807) is 6.20 Å². The van der Waals surface area contributed by atoms with Gasteiger partial charge in [0.25, 0.3) is 0 Å². The van der Waals surface area contributed by atoms with E-state index in [-0.39, 0.29) is 6.04 Å². The first-order valence-corrected chi connectivity index (χ1v) is 6.54. The molecule has 5 heteroatoms.